The van der Waals surface area contributed by atoms with E-state index >= 15 is 0 Å². The molecule has 0 atom stereocenters. The van der Waals surface area contributed by atoms with Gasteiger partial charge < -0.3 is 13.9 Å². The Hall–Kier alpha value is -2.44. The lowest BCUT2D eigenvalue weighted by atomic mass is 10.1. The van der Waals surface area contributed by atoms with Gasteiger partial charge in [-0.05, 0) is 24.3 Å². The molecule has 0 saturated carbocycles. The molecule has 5 rings (SSSR count). The van der Waals surface area contributed by atoms with E-state index in [9.17, 15) is 4.79 Å². The Kier molecular flexibility index (Phi) is 3.29. The Bertz CT molecular complexity index is 985. The summed E-state index contributed by atoms with van der Waals surface area (Å²) >= 11 is 0. The Labute approximate surface area is 144 Å². The standard InChI is InChI=1S/C19H18N2O4/c22-18-14-4-3-13(16-2-1-9-23-16)12-15(14)20-17-5-6-19(7-8-21(17)18)24-10-11-25-19/h1-4,9,12H,5-8,10-11H2. The van der Waals surface area contributed by atoms with Crippen molar-refractivity contribution in [1.29, 1.82) is 0 Å². The Morgan fingerprint density at radius 2 is 2.00 bits per heavy atom. The van der Waals surface area contributed by atoms with Crippen LogP contribution in [0.5, 0.6) is 0 Å². The van der Waals surface area contributed by atoms with Gasteiger partial charge in [0, 0.05) is 31.4 Å². The summed E-state index contributed by atoms with van der Waals surface area (Å²) in [5, 5.41) is 0.628. The first-order valence-electron chi connectivity index (χ1n) is 8.59. The van der Waals surface area contributed by atoms with Gasteiger partial charge in [0.1, 0.15) is 11.6 Å². The van der Waals surface area contributed by atoms with Crippen molar-refractivity contribution < 1.29 is 13.9 Å². The van der Waals surface area contributed by atoms with Gasteiger partial charge >= 0.3 is 0 Å². The third-order valence-electron chi connectivity index (χ3n) is 5.10. The largest absolute Gasteiger partial charge is 0.464 e. The molecular weight excluding hydrogens is 320 g/mol. The molecule has 1 spiro atoms. The molecule has 6 nitrogen and oxygen atoms in total. The highest BCUT2D eigenvalue weighted by Gasteiger charge is 2.38. The number of rotatable bonds is 1. The SMILES string of the molecule is O=c1c2ccc(-c3ccco3)cc2nc2n1CCC1(CC2)OCCO1. The van der Waals surface area contributed by atoms with Crippen molar-refractivity contribution >= 4 is 10.9 Å². The zero-order valence-electron chi connectivity index (χ0n) is 13.7. The van der Waals surface area contributed by atoms with Crippen LogP contribution in [-0.2, 0) is 22.4 Å². The van der Waals surface area contributed by atoms with Crippen LogP contribution in [0, 0.1) is 0 Å². The van der Waals surface area contributed by atoms with E-state index in [0.29, 0.717) is 43.5 Å². The van der Waals surface area contributed by atoms with E-state index < -0.39 is 5.79 Å². The lowest BCUT2D eigenvalue weighted by molar-refractivity contribution is -0.165. The fourth-order valence-electron chi connectivity index (χ4n) is 3.78. The second-order valence-electron chi connectivity index (χ2n) is 6.55. The lowest BCUT2D eigenvalue weighted by Gasteiger charge is -2.24. The molecule has 4 heterocycles. The number of hydrogen-bond acceptors (Lipinski definition) is 5. The van der Waals surface area contributed by atoms with Crippen LogP contribution in [0.2, 0.25) is 0 Å². The van der Waals surface area contributed by atoms with E-state index in [4.69, 9.17) is 18.9 Å². The van der Waals surface area contributed by atoms with Gasteiger partial charge in [0.15, 0.2) is 5.79 Å². The summed E-state index contributed by atoms with van der Waals surface area (Å²) in [7, 11) is 0. The van der Waals surface area contributed by atoms with Crippen LogP contribution in [-0.4, -0.2) is 28.6 Å². The molecule has 1 fully saturated rings. The lowest BCUT2D eigenvalue weighted by Crippen LogP contribution is -2.31. The van der Waals surface area contributed by atoms with Crippen molar-refractivity contribution in [2.45, 2.75) is 31.6 Å². The van der Waals surface area contributed by atoms with Gasteiger partial charge in [0.05, 0.1) is 30.4 Å². The maximum atomic E-state index is 12.9. The molecule has 0 radical (unpaired) electrons. The summed E-state index contributed by atoms with van der Waals surface area (Å²) < 4.78 is 18.9. The number of ether oxygens (including phenoxy) is 2. The number of furan rings is 1. The topological polar surface area (TPSA) is 66.5 Å². The van der Waals surface area contributed by atoms with Crippen molar-refractivity contribution in [3.8, 4) is 11.3 Å². The first kappa shape index (κ1) is 14.9. The molecule has 2 aromatic heterocycles. The van der Waals surface area contributed by atoms with Gasteiger partial charge in [-0.3, -0.25) is 9.36 Å². The van der Waals surface area contributed by atoms with Crippen LogP contribution in [0.25, 0.3) is 22.2 Å². The van der Waals surface area contributed by atoms with Gasteiger partial charge in [-0.2, -0.15) is 0 Å². The summed E-state index contributed by atoms with van der Waals surface area (Å²) in [5.74, 6) is 1.02. The Morgan fingerprint density at radius 3 is 2.80 bits per heavy atom. The fourth-order valence-corrected chi connectivity index (χ4v) is 3.78. The monoisotopic (exact) mass is 338 g/mol. The van der Waals surface area contributed by atoms with E-state index in [1.807, 2.05) is 30.3 Å². The van der Waals surface area contributed by atoms with E-state index in [1.165, 1.54) is 0 Å². The molecule has 0 bridgehead atoms. The van der Waals surface area contributed by atoms with Gasteiger partial charge in [-0.25, -0.2) is 4.98 Å². The summed E-state index contributed by atoms with van der Waals surface area (Å²) in [5.41, 5.74) is 1.62. The highest BCUT2D eigenvalue weighted by molar-refractivity contribution is 5.82. The number of nitrogens with zero attached hydrogens (tertiary/aromatic N) is 2. The van der Waals surface area contributed by atoms with Crippen LogP contribution in [0.3, 0.4) is 0 Å². The van der Waals surface area contributed by atoms with Crippen molar-refractivity contribution in [3.63, 3.8) is 0 Å². The van der Waals surface area contributed by atoms with Crippen LogP contribution in [0.4, 0.5) is 0 Å². The minimum Gasteiger partial charge on any atom is -0.464 e. The number of benzene rings is 1. The molecule has 2 aliphatic heterocycles. The highest BCUT2D eigenvalue weighted by atomic mass is 16.7. The van der Waals surface area contributed by atoms with E-state index in [2.05, 4.69) is 0 Å². The third kappa shape index (κ3) is 2.41. The van der Waals surface area contributed by atoms with Crippen molar-refractivity contribution in [2.75, 3.05) is 13.2 Å². The molecule has 0 N–H and O–H groups in total. The molecule has 2 aliphatic rings. The van der Waals surface area contributed by atoms with E-state index in [0.717, 1.165) is 23.6 Å². The molecule has 1 aromatic carbocycles. The first-order chi connectivity index (χ1) is 12.2. The summed E-state index contributed by atoms with van der Waals surface area (Å²) in [6.45, 7) is 1.80. The van der Waals surface area contributed by atoms with Crippen LogP contribution >= 0.6 is 0 Å². The normalized spacial score (nSPS) is 19.2. The smallest absolute Gasteiger partial charge is 0.261 e. The predicted octanol–water partition coefficient (Wildman–Crippen LogP) is 2.74. The fraction of sp³-hybridized carbons (Fsp3) is 0.368. The summed E-state index contributed by atoms with van der Waals surface area (Å²) in [4.78, 5) is 17.7. The van der Waals surface area contributed by atoms with Gasteiger partial charge in [-0.1, -0.05) is 6.07 Å². The molecule has 0 aliphatic carbocycles. The number of aromatic nitrogens is 2. The molecule has 1 saturated heterocycles. The molecule has 25 heavy (non-hydrogen) atoms. The van der Waals surface area contributed by atoms with Gasteiger partial charge in [0.2, 0.25) is 0 Å². The minimum absolute atomic E-state index is 0.000965. The zero-order valence-corrected chi connectivity index (χ0v) is 13.7. The van der Waals surface area contributed by atoms with Crippen LogP contribution in [0.15, 0.2) is 45.8 Å². The molecule has 3 aromatic rings. The number of fused-ring (bicyclic) bond motifs is 2. The highest BCUT2D eigenvalue weighted by Crippen LogP contribution is 2.32. The predicted molar refractivity (Wildman–Crippen MR) is 91.3 cm³/mol. The first-order valence-corrected chi connectivity index (χ1v) is 8.59. The maximum Gasteiger partial charge on any atom is 0.261 e. The molecule has 128 valence electrons. The van der Waals surface area contributed by atoms with Gasteiger partial charge in [-0.15, -0.1) is 0 Å². The Morgan fingerprint density at radius 1 is 1.12 bits per heavy atom. The average Bonchev–Trinajstić information content (AvgIpc) is 3.28. The second kappa shape index (κ2) is 5.54. The minimum atomic E-state index is -0.550. The maximum absolute atomic E-state index is 12.9. The van der Waals surface area contributed by atoms with E-state index in [-0.39, 0.29) is 5.56 Å². The van der Waals surface area contributed by atoms with Gasteiger partial charge in [0.25, 0.3) is 5.56 Å². The second-order valence-corrected chi connectivity index (χ2v) is 6.55. The molecule has 0 amide bonds. The van der Waals surface area contributed by atoms with Crippen molar-refractivity contribution in [1.82, 2.24) is 9.55 Å². The average molecular weight is 338 g/mol. The van der Waals surface area contributed by atoms with E-state index in [1.54, 1.807) is 10.8 Å². The van der Waals surface area contributed by atoms with Crippen LogP contribution in [0.1, 0.15) is 18.7 Å². The number of aryl methyl sites for hydroxylation is 1. The summed E-state index contributed by atoms with van der Waals surface area (Å²) in [6, 6.07) is 9.40. The number of hydrogen-bond donors (Lipinski definition) is 0. The van der Waals surface area contributed by atoms with Crippen molar-refractivity contribution in [3.05, 3.63) is 52.8 Å². The van der Waals surface area contributed by atoms with Crippen LogP contribution < -0.4 is 5.56 Å². The molecule has 0 unspecified atom stereocenters. The molecule has 6 heteroatoms. The zero-order chi connectivity index (χ0) is 16.9. The third-order valence-corrected chi connectivity index (χ3v) is 5.10. The quantitative estimate of drug-likeness (QED) is 0.682. The Balaban J connectivity index is 1.60. The molecular formula is C19H18N2O4. The van der Waals surface area contributed by atoms with Crippen molar-refractivity contribution in [2.24, 2.45) is 0 Å². The summed E-state index contributed by atoms with van der Waals surface area (Å²) in [6.07, 6.45) is 3.70.